The van der Waals surface area contributed by atoms with Crippen molar-refractivity contribution in [1.29, 1.82) is 0 Å². The maximum atomic E-state index is 14.5. The Kier molecular flexibility index (Phi) is 4.98. The molecule has 0 aliphatic heterocycles. The summed E-state index contributed by atoms with van der Waals surface area (Å²) in [6.07, 6.45) is 0. The van der Waals surface area contributed by atoms with Gasteiger partial charge in [-0.15, -0.1) is 10.2 Å². The normalized spacial score (nSPS) is 11.9. The van der Waals surface area contributed by atoms with Crippen LogP contribution in [0.5, 0.6) is 0 Å². The third-order valence-corrected chi connectivity index (χ3v) is 4.61. The zero-order chi connectivity index (χ0) is 18.6. The first-order valence-electron chi connectivity index (χ1n) is 8.36. The van der Waals surface area contributed by atoms with Crippen molar-refractivity contribution >= 4 is 21.6 Å². The topological polar surface area (TPSA) is 51.0 Å². The summed E-state index contributed by atoms with van der Waals surface area (Å²) < 4.78 is 21.3. The lowest BCUT2D eigenvalue weighted by atomic mass is 10.1. The number of hydrogen-bond donors (Lipinski definition) is 1. The second-order valence-electron chi connectivity index (χ2n) is 5.92. The van der Waals surface area contributed by atoms with Gasteiger partial charge in [-0.3, -0.25) is 0 Å². The first-order valence-corrected chi connectivity index (χ1v) is 9.15. The summed E-state index contributed by atoms with van der Waals surface area (Å²) in [7, 11) is 0. The van der Waals surface area contributed by atoms with E-state index in [1.54, 1.807) is 18.2 Å². The number of benzene rings is 3. The van der Waals surface area contributed by atoms with E-state index in [1.807, 2.05) is 54.6 Å². The molecule has 0 spiro atoms. The van der Waals surface area contributed by atoms with E-state index in [1.165, 1.54) is 6.07 Å². The Bertz CT molecular complexity index is 1030. The van der Waals surface area contributed by atoms with Crippen LogP contribution in [0, 0.1) is 5.82 Å². The molecule has 1 aromatic heterocycles. The Balaban J connectivity index is 1.73. The average Bonchev–Trinajstić information content (AvgIpc) is 3.19. The third-order valence-electron chi connectivity index (χ3n) is 4.08. The van der Waals surface area contributed by atoms with E-state index in [0.29, 0.717) is 17.3 Å². The fourth-order valence-corrected chi connectivity index (χ4v) is 3.01. The highest BCUT2D eigenvalue weighted by Crippen LogP contribution is 2.30. The van der Waals surface area contributed by atoms with Crippen LogP contribution >= 0.6 is 15.9 Å². The van der Waals surface area contributed by atoms with E-state index in [-0.39, 0.29) is 5.82 Å². The SMILES string of the molecule is Fc1ccccc1C(Nc1ccc(Br)cc1)c1nnc(-c2ccccc2)o1. The summed E-state index contributed by atoms with van der Waals surface area (Å²) >= 11 is 3.41. The Morgan fingerprint density at radius 3 is 2.30 bits per heavy atom. The maximum Gasteiger partial charge on any atom is 0.247 e. The molecule has 4 nitrogen and oxygen atoms in total. The highest BCUT2D eigenvalue weighted by molar-refractivity contribution is 9.10. The molecule has 0 radical (unpaired) electrons. The molecule has 3 aromatic carbocycles. The minimum atomic E-state index is -0.614. The van der Waals surface area contributed by atoms with Crippen molar-refractivity contribution in [2.45, 2.75) is 6.04 Å². The Hall–Kier alpha value is -2.99. The van der Waals surface area contributed by atoms with E-state index in [2.05, 4.69) is 31.4 Å². The van der Waals surface area contributed by atoms with Gasteiger partial charge in [0, 0.05) is 21.3 Å². The minimum Gasteiger partial charge on any atom is -0.418 e. The largest absolute Gasteiger partial charge is 0.418 e. The summed E-state index contributed by atoms with van der Waals surface area (Å²) in [5.41, 5.74) is 2.06. The molecule has 27 heavy (non-hydrogen) atoms. The second-order valence-corrected chi connectivity index (χ2v) is 6.83. The monoisotopic (exact) mass is 423 g/mol. The molecule has 0 fully saturated rings. The van der Waals surface area contributed by atoms with Crippen molar-refractivity contribution in [3.05, 3.63) is 101 Å². The molecular formula is C21H15BrFN3O. The fraction of sp³-hybridized carbons (Fsp3) is 0.0476. The number of aromatic nitrogens is 2. The molecule has 0 aliphatic carbocycles. The molecule has 6 heteroatoms. The number of hydrogen-bond acceptors (Lipinski definition) is 4. The molecule has 0 saturated carbocycles. The molecule has 4 aromatic rings. The van der Waals surface area contributed by atoms with E-state index >= 15 is 0 Å². The number of halogens is 2. The van der Waals surface area contributed by atoms with Gasteiger partial charge in [-0.05, 0) is 42.5 Å². The second kappa shape index (κ2) is 7.72. The van der Waals surface area contributed by atoms with Crippen molar-refractivity contribution in [2.75, 3.05) is 5.32 Å². The van der Waals surface area contributed by atoms with Gasteiger partial charge < -0.3 is 9.73 Å². The van der Waals surface area contributed by atoms with E-state index < -0.39 is 6.04 Å². The summed E-state index contributed by atoms with van der Waals surface area (Å²) in [5, 5.41) is 11.6. The molecular weight excluding hydrogens is 409 g/mol. The highest BCUT2D eigenvalue weighted by Gasteiger charge is 2.24. The minimum absolute atomic E-state index is 0.293. The van der Waals surface area contributed by atoms with Gasteiger partial charge in [-0.1, -0.05) is 52.3 Å². The first-order chi connectivity index (χ1) is 13.2. The van der Waals surface area contributed by atoms with Gasteiger partial charge in [-0.2, -0.15) is 0 Å². The summed E-state index contributed by atoms with van der Waals surface area (Å²) in [6.45, 7) is 0. The van der Waals surface area contributed by atoms with Crippen LogP contribution in [0.2, 0.25) is 0 Å². The summed E-state index contributed by atoms with van der Waals surface area (Å²) in [5.74, 6) is 0.345. The maximum absolute atomic E-state index is 14.5. The van der Waals surface area contributed by atoms with Crippen LogP contribution in [0.25, 0.3) is 11.5 Å². The Labute approximate surface area is 164 Å². The summed E-state index contributed by atoms with van der Waals surface area (Å²) in [6, 6.07) is 23.0. The van der Waals surface area contributed by atoms with Crippen LogP contribution < -0.4 is 5.32 Å². The Morgan fingerprint density at radius 1 is 0.852 bits per heavy atom. The van der Waals surface area contributed by atoms with Crippen molar-refractivity contribution in [3.63, 3.8) is 0 Å². The van der Waals surface area contributed by atoms with Crippen molar-refractivity contribution < 1.29 is 8.81 Å². The van der Waals surface area contributed by atoms with Crippen LogP contribution in [0.3, 0.4) is 0 Å². The van der Waals surface area contributed by atoms with Crippen molar-refractivity contribution in [1.82, 2.24) is 10.2 Å². The smallest absolute Gasteiger partial charge is 0.247 e. The van der Waals surface area contributed by atoms with Crippen LogP contribution in [-0.2, 0) is 0 Å². The quantitative estimate of drug-likeness (QED) is 0.437. The first kappa shape index (κ1) is 17.4. The lowest BCUT2D eigenvalue weighted by Crippen LogP contribution is -2.14. The number of nitrogens with one attached hydrogen (secondary N) is 1. The average molecular weight is 424 g/mol. The van der Waals surface area contributed by atoms with Crippen LogP contribution in [0.4, 0.5) is 10.1 Å². The third kappa shape index (κ3) is 3.90. The number of anilines is 1. The van der Waals surface area contributed by atoms with Gasteiger partial charge >= 0.3 is 0 Å². The molecule has 0 aliphatic rings. The molecule has 1 N–H and O–H groups in total. The van der Waals surface area contributed by atoms with E-state index in [4.69, 9.17) is 4.42 Å². The Morgan fingerprint density at radius 2 is 1.56 bits per heavy atom. The lowest BCUT2D eigenvalue weighted by Gasteiger charge is -2.17. The molecule has 1 atom stereocenters. The van der Waals surface area contributed by atoms with Gasteiger partial charge in [-0.25, -0.2) is 4.39 Å². The van der Waals surface area contributed by atoms with Gasteiger partial charge in [0.1, 0.15) is 11.9 Å². The van der Waals surface area contributed by atoms with Crippen LogP contribution in [0.15, 0.2) is 87.8 Å². The predicted molar refractivity (Wildman–Crippen MR) is 106 cm³/mol. The predicted octanol–water partition coefficient (Wildman–Crippen LogP) is 5.84. The fourth-order valence-electron chi connectivity index (χ4n) is 2.74. The number of nitrogens with zero attached hydrogens (tertiary/aromatic N) is 2. The van der Waals surface area contributed by atoms with E-state index in [0.717, 1.165) is 15.7 Å². The van der Waals surface area contributed by atoms with Crippen molar-refractivity contribution in [3.8, 4) is 11.5 Å². The van der Waals surface area contributed by atoms with Gasteiger partial charge in [0.15, 0.2) is 0 Å². The zero-order valence-electron chi connectivity index (χ0n) is 14.1. The lowest BCUT2D eigenvalue weighted by molar-refractivity contribution is 0.485. The van der Waals surface area contributed by atoms with Crippen LogP contribution in [-0.4, -0.2) is 10.2 Å². The molecule has 1 unspecified atom stereocenters. The molecule has 0 saturated heterocycles. The van der Waals surface area contributed by atoms with E-state index in [9.17, 15) is 4.39 Å². The van der Waals surface area contributed by atoms with Gasteiger partial charge in [0.2, 0.25) is 11.8 Å². The number of rotatable bonds is 5. The van der Waals surface area contributed by atoms with Gasteiger partial charge in [0.05, 0.1) is 0 Å². The molecule has 1 heterocycles. The van der Waals surface area contributed by atoms with Gasteiger partial charge in [0.25, 0.3) is 0 Å². The molecule has 4 rings (SSSR count). The summed E-state index contributed by atoms with van der Waals surface area (Å²) in [4.78, 5) is 0. The van der Waals surface area contributed by atoms with Crippen LogP contribution in [0.1, 0.15) is 17.5 Å². The highest BCUT2D eigenvalue weighted by atomic mass is 79.9. The molecule has 0 bridgehead atoms. The zero-order valence-corrected chi connectivity index (χ0v) is 15.7. The molecule has 0 amide bonds. The van der Waals surface area contributed by atoms with Crippen molar-refractivity contribution in [2.24, 2.45) is 0 Å². The molecule has 134 valence electrons. The standard InChI is InChI=1S/C21H15BrFN3O/c22-15-10-12-16(13-11-15)24-19(17-8-4-5-9-18(17)23)21-26-25-20(27-21)14-6-2-1-3-7-14/h1-13,19,24H.